The summed E-state index contributed by atoms with van der Waals surface area (Å²) in [4.78, 5) is 13.9. The van der Waals surface area contributed by atoms with Crippen LogP contribution in [0.2, 0.25) is 0 Å². The molecule has 1 fully saturated rings. The molecule has 4 nitrogen and oxygen atoms in total. The van der Waals surface area contributed by atoms with Crippen molar-refractivity contribution in [2.45, 2.75) is 39.2 Å². The molecular weight excluding hydrogens is 204 g/mol. The topological polar surface area (TPSA) is 55.6 Å². The van der Waals surface area contributed by atoms with E-state index in [1.165, 1.54) is 0 Å². The summed E-state index contributed by atoms with van der Waals surface area (Å²) in [5.41, 5.74) is 5.64. The zero-order valence-electron chi connectivity index (χ0n) is 10.4. The number of nitrogens with two attached hydrogens (primary N) is 1. The molecule has 0 aromatic heterocycles. The molecule has 94 valence electrons. The first-order chi connectivity index (χ1) is 7.69. The Balaban J connectivity index is 2.25. The molecule has 1 amide bonds. The van der Waals surface area contributed by atoms with Gasteiger partial charge in [0.15, 0.2) is 0 Å². The lowest BCUT2D eigenvalue weighted by Crippen LogP contribution is -2.34. The average Bonchev–Trinajstić information content (AvgIpc) is 2.66. The molecule has 0 spiro atoms. The fraction of sp³-hybridized carbons (Fsp3) is 0.917. The van der Waals surface area contributed by atoms with Crippen LogP contribution in [0.25, 0.3) is 0 Å². The molecule has 0 aromatic rings. The van der Waals surface area contributed by atoms with Crippen LogP contribution in [0.3, 0.4) is 0 Å². The van der Waals surface area contributed by atoms with Gasteiger partial charge in [0, 0.05) is 32.2 Å². The number of likely N-dealkylation sites (tertiary alicyclic amines) is 1. The fourth-order valence-corrected chi connectivity index (χ4v) is 2.27. The lowest BCUT2D eigenvalue weighted by molar-refractivity contribution is -0.132. The van der Waals surface area contributed by atoms with Gasteiger partial charge in [-0.05, 0) is 39.2 Å². The van der Waals surface area contributed by atoms with Gasteiger partial charge in [0.05, 0.1) is 0 Å². The zero-order chi connectivity index (χ0) is 12.0. The molecule has 0 aliphatic carbocycles. The van der Waals surface area contributed by atoms with Crippen molar-refractivity contribution < 1.29 is 9.53 Å². The van der Waals surface area contributed by atoms with E-state index in [1.54, 1.807) is 0 Å². The van der Waals surface area contributed by atoms with E-state index in [9.17, 15) is 4.79 Å². The molecule has 1 aliphatic heterocycles. The Morgan fingerprint density at radius 2 is 2.31 bits per heavy atom. The van der Waals surface area contributed by atoms with Crippen molar-refractivity contribution in [1.82, 2.24) is 4.90 Å². The summed E-state index contributed by atoms with van der Waals surface area (Å²) in [6, 6.07) is 0.355. The molecule has 0 aromatic carbocycles. The second-order valence-electron chi connectivity index (χ2n) is 4.53. The van der Waals surface area contributed by atoms with Gasteiger partial charge in [-0.1, -0.05) is 0 Å². The third-order valence-electron chi connectivity index (χ3n) is 3.20. The number of ether oxygens (including phenoxy) is 1. The van der Waals surface area contributed by atoms with Crippen LogP contribution in [0.4, 0.5) is 0 Å². The number of nitrogens with zero attached hydrogens (tertiary/aromatic N) is 1. The molecule has 16 heavy (non-hydrogen) atoms. The highest BCUT2D eigenvalue weighted by Gasteiger charge is 2.30. The second-order valence-corrected chi connectivity index (χ2v) is 4.53. The maximum atomic E-state index is 11.9. The van der Waals surface area contributed by atoms with E-state index in [0.717, 1.165) is 26.0 Å². The Morgan fingerprint density at radius 1 is 1.56 bits per heavy atom. The van der Waals surface area contributed by atoms with Crippen molar-refractivity contribution in [2.24, 2.45) is 11.7 Å². The maximum absolute atomic E-state index is 11.9. The number of hydrogen-bond acceptors (Lipinski definition) is 3. The van der Waals surface area contributed by atoms with E-state index in [2.05, 4.69) is 6.92 Å². The van der Waals surface area contributed by atoms with Gasteiger partial charge < -0.3 is 15.4 Å². The van der Waals surface area contributed by atoms with Gasteiger partial charge in [-0.2, -0.15) is 0 Å². The predicted octanol–water partition coefficient (Wildman–Crippen LogP) is 0.999. The van der Waals surface area contributed by atoms with Crippen LogP contribution in [0.1, 0.15) is 33.1 Å². The Bertz CT molecular complexity index is 221. The monoisotopic (exact) mass is 228 g/mol. The Morgan fingerprint density at radius 3 is 2.88 bits per heavy atom. The Labute approximate surface area is 98.1 Å². The van der Waals surface area contributed by atoms with Gasteiger partial charge >= 0.3 is 0 Å². The van der Waals surface area contributed by atoms with Crippen LogP contribution in [-0.2, 0) is 9.53 Å². The molecule has 0 radical (unpaired) electrons. The summed E-state index contributed by atoms with van der Waals surface area (Å²) in [6.07, 6.45) is 2.47. The summed E-state index contributed by atoms with van der Waals surface area (Å²) in [7, 11) is 0. The lowest BCUT2D eigenvalue weighted by Gasteiger charge is -2.21. The number of amides is 1. The summed E-state index contributed by atoms with van der Waals surface area (Å²) < 4.78 is 5.22. The summed E-state index contributed by atoms with van der Waals surface area (Å²) in [5.74, 6) is 0.744. The van der Waals surface area contributed by atoms with Crippen molar-refractivity contribution in [3.63, 3.8) is 0 Å². The molecule has 2 atom stereocenters. The van der Waals surface area contributed by atoms with E-state index >= 15 is 0 Å². The first kappa shape index (κ1) is 13.5. The maximum Gasteiger partial charge on any atom is 0.222 e. The molecule has 2 N–H and O–H groups in total. The molecule has 0 saturated carbocycles. The van der Waals surface area contributed by atoms with E-state index in [0.29, 0.717) is 31.5 Å². The number of carbonyl (C=O) groups is 1. The second kappa shape index (κ2) is 6.86. The van der Waals surface area contributed by atoms with Crippen LogP contribution < -0.4 is 5.73 Å². The van der Waals surface area contributed by atoms with Gasteiger partial charge in [-0.25, -0.2) is 0 Å². The molecule has 1 saturated heterocycles. The SMILES string of the molecule is CCOCCCC(=O)N1CC(CN)CC1C. The van der Waals surface area contributed by atoms with Crippen molar-refractivity contribution in [3.8, 4) is 0 Å². The molecule has 2 unspecified atom stereocenters. The molecular formula is C12H24N2O2. The fourth-order valence-electron chi connectivity index (χ4n) is 2.27. The highest BCUT2D eigenvalue weighted by molar-refractivity contribution is 5.76. The van der Waals surface area contributed by atoms with Gasteiger partial charge in [-0.15, -0.1) is 0 Å². The van der Waals surface area contributed by atoms with Gasteiger partial charge in [0.25, 0.3) is 0 Å². The molecule has 4 heteroatoms. The van der Waals surface area contributed by atoms with Crippen molar-refractivity contribution in [2.75, 3.05) is 26.3 Å². The molecule has 1 aliphatic rings. The van der Waals surface area contributed by atoms with Gasteiger partial charge in [-0.3, -0.25) is 4.79 Å². The zero-order valence-corrected chi connectivity index (χ0v) is 10.4. The highest BCUT2D eigenvalue weighted by atomic mass is 16.5. The summed E-state index contributed by atoms with van der Waals surface area (Å²) >= 11 is 0. The quantitative estimate of drug-likeness (QED) is 0.690. The molecule has 0 bridgehead atoms. The van der Waals surface area contributed by atoms with Crippen LogP contribution in [0, 0.1) is 5.92 Å². The van der Waals surface area contributed by atoms with E-state index < -0.39 is 0 Å². The predicted molar refractivity (Wildman–Crippen MR) is 64.1 cm³/mol. The lowest BCUT2D eigenvalue weighted by atomic mass is 10.1. The van der Waals surface area contributed by atoms with E-state index in [-0.39, 0.29) is 5.91 Å². The minimum Gasteiger partial charge on any atom is -0.382 e. The summed E-state index contributed by atoms with van der Waals surface area (Å²) in [6.45, 7) is 7.01. The summed E-state index contributed by atoms with van der Waals surface area (Å²) in [5, 5.41) is 0. The first-order valence-electron chi connectivity index (χ1n) is 6.26. The normalized spacial score (nSPS) is 25.1. The van der Waals surface area contributed by atoms with Gasteiger partial charge in [0.2, 0.25) is 5.91 Å². The molecule has 1 heterocycles. The first-order valence-corrected chi connectivity index (χ1v) is 6.26. The smallest absolute Gasteiger partial charge is 0.222 e. The number of rotatable bonds is 6. The van der Waals surface area contributed by atoms with Crippen LogP contribution >= 0.6 is 0 Å². The minimum absolute atomic E-state index is 0.253. The molecule has 1 rings (SSSR count). The van der Waals surface area contributed by atoms with Crippen LogP contribution in [0.5, 0.6) is 0 Å². The standard InChI is InChI=1S/C12H24N2O2/c1-3-16-6-4-5-12(15)14-9-11(8-13)7-10(14)2/h10-11H,3-9,13H2,1-2H3. The number of hydrogen-bond donors (Lipinski definition) is 1. The minimum atomic E-state index is 0.253. The third kappa shape index (κ3) is 3.76. The van der Waals surface area contributed by atoms with E-state index in [4.69, 9.17) is 10.5 Å². The Kier molecular flexibility index (Phi) is 5.77. The van der Waals surface area contributed by atoms with E-state index in [1.807, 2.05) is 11.8 Å². The largest absolute Gasteiger partial charge is 0.382 e. The van der Waals surface area contributed by atoms with Gasteiger partial charge in [0.1, 0.15) is 0 Å². The Hall–Kier alpha value is -0.610. The highest BCUT2D eigenvalue weighted by Crippen LogP contribution is 2.22. The third-order valence-corrected chi connectivity index (χ3v) is 3.20. The van der Waals surface area contributed by atoms with Crippen molar-refractivity contribution in [1.29, 1.82) is 0 Å². The van der Waals surface area contributed by atoms with Crippen LogP contribution in [-0.4, -0.2) is 43.2 Å². The number of carbonyl (C=O) groups excluding carboxylic acids is 1. The van der Waals surface area contributed by atoms with Crippen molar-refractivity contribution in [3.05, 3.63) is 0 Å². The van der Waals surface area contributed by atoms with Crippen LogP contribution in [0.15, 0.2) is 0 Å². The average molecular weight is 228 g/mol. The van der Waals surface area contributed by atoms with Crippen molar-refractivity contribution >= 4 is 5.91 Å².